The van der Waals surface area contributed by atoms with Crippen molar-refractivity contribution in [1.29, 1.82) is 0 Å². The maximum Gasteiger partial charge on any atom is 0.193 e. The molecule has 0 bridgehead atoms. The first-order chi connectivity index (χ1) is 9.62. The number of likely N-dealkylation sites (N-methyl/N-ethyl adjacent to an activating group) is 1. The van der Waals surface area contributed by atoms with E-state index in [2.05, 4.69) is 59.6 Å². The second kappa shape index (κ2) is 9.50. The second-order valence-corrected chi connectivity index (χ2v) is 6.95. The average Bonchev–Trinajstić information content (AvgIpc) is 2.48. The quantitative estimate of drug-likeness (QED) is 0.600. The number of thioether (sulfide) groups is 1. The minimum Gasteiger partial charge on any atom is -0.355 e. The molecule has 5 heteroatoms. The van der Waals surface area contributed by atoms with Crippen LogP contribution < -0.4 is 5.32 Å². The summed E-state index contributed by atoms with van der Waals surface area (Å²) in [4.78, 5) is 9.31. The van der Waals surface area contributed by atoms with Crippen molar-refractivity contribution in [2.75, 3.05) is 52.1 Å². The van der Waals surface area contributed by atoms with Gasteiger partial charge in [-0.15, -0.1) is 0 Å². The maximum absolute atomic E-state index is 4.46. The lowest BCUT2D eigenvalue weighted by Crippen LogP contribution is -2.50. The highest BCUT2D eigenvalue weighted by Crippen LogP contribution is 2.24. The highest BCUT2D eigenvalue weighted by Gasteiger charge is 2.24. The van der Waals surface area contributed by atoms with Crippen LogP contribution in [-0.2, 0) is 0 Å². The molecule has 1 saturated heterocycles. The summed E-state index contributed by atoms with van der Waals surface area (Å²) in [6, 6.07) is 0. The van der Waals surface area contributed by atoms with Crippen LogP contribution in [0.1, 0.15) is 27.7 Å². The SMILES string of the molecule is CCN(CC)CCNC(=NC)N1CCSC(C(C)C)C1. The van der Waals surface area contributed by atoms with Gasteiger partial charge in [-0.05, 0) is 19.0 Å². The fraction of sp³-hybridized carbons (Fsp3) is 0.933. The molecule has 1 aliphatic heterocycles. The van der Waals surface area contributed by atoms with Crippen molar-refractivity contribution in [3.05, 3.63) is 0 Å². The van der Waals surface area contributed by atoms with E-state index in [9.17, 15) is 0 Å². The van der Waals surface area contributed by atoms with E-state index in [-0.39, 0.29) is 0 Å². The fourth-order valence-corrected chi connectivity index (χ4v) is 3.77. The molecule has 1 unspecified atom stereocenters. The number of hydrogen-bond donors (Lipinski definition) is 1. The molecule has 1 fully saturated rings. The van der Waals surface area contributed by atoms with Crippen LogP contribution in [0.15, 0.2) is 4.99 Å². The predicted octanol–water partition coefficient (Wildman–Crippen LogP) is 1.98. The summed E-state index contributed by atoms with van der Waals surface area (Å²) in [5.41, 5.74) is 0. The van der Waals surface area contributed by atoms with Crippen LogP contribution in [0.3, 0.4) is 0 Å². The first-order valence-electron chi connectivity index (χ1n) is 7.91. The Labute approximate surface area is 129 Å². The Bertz CT molecular complexity index is 290. The summed E-state index contributed by atoms with van der Waals surface area (Å²) >= 11 is 2.11. The van der Waals surface area contributed by atoms with Crippen molar-refractivity contribution in [1.82, 2.24) is 15.1 Å². The summed E-state index contributed by atoms with van der Waals surface area (Å²) in [6.45, 7) is 15.6. The Morgan fingerprint density at radius 1 is 1.40 bits per heavy atom. The van der Waals surface area contributed by atoms with Gasteiger partial charge in [-0.1, -0.05) is 27.7 Å². The average molecular weight is 301 g/mol. The summed E-state index contributed by atoms with van der Waals surface area (Å²) in [5.74, 6) is 3.01. The molecule has 20 heavy (non-hydrogen) atoms. The van der Waals surface area contributed by atoms with E-state index in [1.54, 1.807) is 0 Å². The minimum absolute atomic E-state index is 0.727. The molecule has 118 valence electrons. The Morgan fingerprint density at radius 2 is 2.10 bits per heavy atom. The van der Waals surface area contributed by atoms with Crippen molar-refractivity contribution in [2.24, 2.45) is 10.9 Å². The lowest BCUT2D eigenvalue weighted by atomic mass is 10.1. The lowest BCUT2D eigenvalue weighted by molar-refractivity contribution is 0.304. The molecule has 4 nitrogen and oxygen atoms in total. The Balaban J connectivity index is 2.42. The number of nitrogens with one attached hydrogen (secondary N) is 1. The van der Waals surface area contributed by atoms with E-state index in [0.29, 0.717) is 0 Å². The molecular formula is C15H32N4S. The lowest BCUT2D eigenvalue weighted by Gasteiger charge is -2.36. The van der Waals surface area contributed by atoms with Crippen LogP contribution in [0.4, 0.5) is 0 Å². The maximum atomic E-state index is 4.46. The predicted molar refractivity (Wildman–Crippen MR) is 91.8 cm³/mol. The highest BCUT2D eigenvalue weighted by atomic mass is 32.2. The first-order valence-corrected chi connectivity index (χ1v) is 8.96. The number of aliphatic imine (C=N–C) groups is 1. The van der Waals surface area contributed by atoms with Gasteiger partial charge >= 0.3 is 0 Å². The molecule has 0 saturated carbocycles. The van der Waals surface area contributed by atoms with Crippen molar-refractivity contribution in [2.45, 2.75) is 32.9 Å². The third-order valence-electron chi connectivity index (χ3n) is 3.95. The van der Waals surface area contributed by atoms with Gasteiger partial charge in [-0.3, -0.25) is 4.99 Å². The van der Waals surface area contributed by atoms with Crippen LogP contribution in [0, 0.1) is 5.92 Å². The topological polar surface area (TPSA) is 30.9 Å². The van der Waals surface area contributed by atoms with Crippen LogP contribution in [-0.4, -0.2) is 73.1 Å². The van der Waals surface area contributed by atoms with Crippen molar-refractivity contribution in [3.63, 3.8) is 0 Å². The zero-order chi connectivity index (χ0) is 15.0. The molecule has 0 aromatic heterocycles. The second-order valence-electron chi connectivity index (χ2n) is 5.60. The first kappa shape index (κ1) is 17.6. The van der Waals surface area contributed by atoms with E-state index < -0.39 is 0 Å². The van der Waals surface area contributed by atoms with Crippen molar-refractivity contribution < 1.29 is 0 Å². The van der Waals surface area contributed by atoms with Crippen LogP contribution in [0.25, 0.3) is 0 Å². The van der Waals surface area contributed by atoms with E-state index in [4.69, 9.17) is 0 Å². The summed E-state index contributed by atoms with van der Waals surface area (Å²) in [5, 5.41) is 4.25. The molecule has 0 aromatic carbocycles. The number of nitrogens with zero attached hydrogens (tertiary/aromatic N) is 3. The van der Waals surface area contributed by atoms with Gasteiger partial charge in [0.2, 0.25) is 0 Å². The normalized spacial score (nSPS) is 20.9. The van der Waals surface area contributed by atoms with Crippen LogP contribution in [0.2, 0.25) is 0 Å². The van der Waals surface area contributed by atoms with Gasteiger partial charge in [0.25, 0.3) is 0 Å². The van der Waals surface area contributed by atoms with Crippen LogP contribution >= 0.6 is 11.8 Å². The summed E-state index contributed by atoms with van der Waals surface area (Å²) in [7, 11) is 1.89. The molecule has 1 atom stereocenters. The summed E-state index contributed by atoms with van der Waals surface area (Å²) < 4.78 is 0. The van der Waals surface area contributed by atoms with Gasteiger partial charge in [0, 0.05) is 44.2 Å². The Morgan fingerprint density at radius 3 is 2.65 bits per heavy atom. The van der Waals surface area contributed by atoms with Gasteiger partial charge in [0.15, 0.2) is 5.96 Å². The Hall–Kier alpha value is -0.420. The molecule has 0 amide bonds. The van der Waals surface area contributed by atoms with Gasteiger partial charge in [-0.2, -0.15) is 11.8 Å². The number of hydrogen-bond acceptors (Lipinski definition) is 3. The number of rotatable bonds is 6. The van der Waals surface area contributed by atoms with Crippen LogP contribution in [0.5, 0.6) is 0 Å². The molecule has 0 spiro atoms. The van der Waals surface area contributed by atoms with E-state index in [1.165, 1.54) is 5.75 Å². The van der Waals surface area contributed by atoms with Gasteiger partial charge in [0.05, 0.1) is 0 Å². The van der Waals surface area contributed by atoms with E-state index in [1.807, 2.05) is 7.05 Å². The Kier molecular flexibility index (Phi) is 8.38. The molecule has 0 aromatic rings. The minimum atomic E-state index is 0.727. The largest absolute Gasteiger partial charge is 0.355 e. The highest BCUT2D eigenvalue weighted by molar-refractivity contribution is 8.00. The zero-order valence-corrected chi connectivity index (χ0v) is 14.7. The van der Waals surface area contributed by atoms with Gasteiger partial charge < -0.3 is 15.1 Å². The smallest absolute Gasteiger partial charge is 0.193 e. The molecule has 0 radical (unpaired) electrons. The van der Waals surface area contributed by atoms with Crippen molar-refractivity contribution >= 4 is 17.7 Å². The fourth-order valence-electron chi connectivity index (χ4n) is 2.47. The third kappa shape index (κ3) is 5.52. The molecule has 1 N–H and O–H groups in total. The molecule has 1 aliphatic rings. The molecule has 0 aliphatic carbocycles. The number of guanidine groups is 1. The molecule has 1 heterocycles. The van der Waals surface area contributed by atoms with E-state index >= 15 is 0 Å². The monoisotopic (exact) mass is 300 g/mol. The van der Waals surface area contributed by atoms with Crippen molar-refractivity contribution in [3.8, 4) is 0 Å². The molecule has 1 rings (SSSR count). The summed E-state index contributed by atoms with van der Waals surface area (Å²) in [6.07, 6.45) is 0. The van der Waals surface area contributed by atoms with E-state index in [0.717, 1.165) is 56.4 Å². The standard InChI is InChI=1S/C15H32N4S/c1-6-18(7-2)9-8-17-15(16-5)19-10-11-20-14(12-19)13(3)4/h13-14H,6-12H2,1-5H3,(H,16,17). The van der Waals surface area contributed by atoms with Gasteiger partial charge in [0.1, 0.15) is 0 Å². The zero-order valence-electron chi connectivity index (χ0n) is 13.9. The van der Waals surface area contributed by atoms with Gasteiger partial charge in [-0.25, -0.2) is 0 Å². The molecular weight excluding hydrogens is 268 g/mol. The third-order valence-corrected chi connectivity index (χ3v) is 5.49.